The molecule has 0 atom stereocenters. The number of anilines is 1. The van der Waals surface area contributed by atoms with Crippen LogP contribution in [0.15, 0.2) is 41.3 Å². The molecule has 3 rings (SSSR count). The fourth-order valence-electron chi connectivity index (χ4n) is 3.45. The highest BCUT2D eigenvalue weighted by Gasteiger charge is 2.28. The largest absolute Gasteiger partial charge is 0.495 e. The second-order valence-corrected chi connectivity index (χ2v) is 8.98. The van der Waals surface area contributed by atoms with Gasteiger partial charge in [0.25, 0.3) is 0 Å². The molecule has 1 amide bonds. The van der Waals surface area contributed by atoms with E-state index in [4.69, 9.17) is 14.2 Å². The maximum absolute atomic E-state index is 13.2. The first-order valence-corrected chi connectivity index (χ1v) is 10.9. The number of hydrogen-bond acceptors (Lipinski definition) is 6. The van der Waals surface area contributed by atoms with Crippen molar-refractivity contribution in [1.82, 2.24) is 4.31 Å². The van der Waals surface area contributed by atoms with Crippen LogP contribution < -0.4 is 19.1 Å². The van der Waals surface area contributed by atoms with Gasteiger partial charge in [-0.3, -0.25) is 4.79 Å². The molecular weight excluding hydrogens is 408 g/mol. The summed E-state index contributed by atoms with van der Waals surface area (Å²) in [4.78, 5) is 13.9. The summed E-state index contributed by atoms with van der Waals surface area (Å²) in [5.41, 5.74) is 1.22. The van der Waals surface area contributed by atoms with Gasteiger partial charge in [0.2, 0.25) is 15.9 Å². The highest BCUT2D eigenvalue weighted by molar-refractivity contribution is 7.89. The van der Waals surface area contributed by atoms with Gasteiger partial charge in [-0.2, -0.15) is 4.31 Å². The van der Waals surface area contributed by atoms with Crippen LogP contribution in [0.4, 0.5) is 5.69 Å². The van der Waals surface area contributed by atoms with Gasteiger partial charge in [-0.25, -0.2) is 8.42 Å². The minimum atomic E-state index is -3.80. The molecule has 8 nitrogen and oxygen atoms in total. The van der Waals surface area contributed by atoms with Crippen molar-refractivity contribution in [2.45, 2.75) is 24.3 Å². The summed E-state index contributed by atoms with van der Waals surface area (Å²) >= 11 is 0. The van der Waals surface area contributed by atoms with E-state index < -0.39 is 10.0 Å². The number of carbonyl (C=O) groups excluding carboxylic acids is 1. The van der Waals surface area contributed by atoms with Crippen LogP contribution in [-0.4, -0.2) is 53.6 Å². The number of ether oxygens (including phenoxy) is 3. The Morgan fingerprint density at radius 3 is 2.23 bits per heavy atom. The van der Waals surface area contributed by atoms with Crippen molar-refractivity contribution in [1.29, 1.82) is 0 Å². The molecule has 1 fully saturated rings. The monoisotopic (exact) mass is 434 g/mol. The molecule has 0 saturated carbocycles. The van der Waals surface area contributed by atoms with E-state index in [1.54, 1.807) is 36.3 Å². The van der Waals surface area contributed by atoms with Gasteiger partial charge in [0, 0.05) is 26.6 Å². The first-order valence-electron chi connectivity index (χ1n) is 9.47. The van der Waals surface area contributed by atoms with Crippen molar-refractivity contribution in [3.05, 3.63) is 42.0 Å². The Bertz CT molecular complexity index is 1040. The number of nitrogens with zero attached hydrogens (tertiary/aromatic N) is 2. The lowest BCUT2D eigenvalue weighted by molar-refractivity contribution is -0.117. The lowest BCUT2D eigenvalue weighted by atomic mass is 10.2. The summed E-state index contributed by atoms with van der Waals surface area (Å²) in [7, 11) is 2.28. The Balaban J connectivity index is 1.90. The minimum Gasteiger partial charge on any atom is -0.495 e. The summed E-state index contributed by atoms with van der Waals surface area (Å²) < 4.78 is 43.5. The third-order valence-corrected chi connectivity index (χ3v) is 6.88. The molecule has 0 N–H and O–H groups in total. The van der Waals surface area contributed by atoms with E-state index in [0.29, 0.717) is 35.9 Å². The quantitative estimate of drug-likeness (QED) is 0.635. The Labute approximate surface area is 177 Å². The molecule has 0 spiro atoms. The van der Waals surface area contributed by atoms with E-state index in [2.05, 4.69) is 0 Å². The van der Waals surface area contributed by atoms with Gasteiger partial charge in [-0.05, 0) is 42.3 Å². The van der Waals surface area contributed by atoms with Crippen LogP contribution in [0.3, 0.4) is 0 Å². The molecule has 9 heteroatoms. The molecule has 0 radical (unpaired) electrons. The second-order valence-electron chi connectivity index (χ2n) is 6.93. The predicted molar refractivity (Wildman–Crippen MR) is 113 cm³/mol. The number of sulfonamides is 1. The number of carbonyl (C=O) groups is 1. The van der Waals surface area contributed by atoms with E-state index in [-0.39, 0.29) is 17.3 Å². The maximum atomic E-state index is 13.2. The predicted octanol–water partition coefficient (Wildman–Crippen LogP) is 2.66. The van der Waals surface area contributed by atoms with Crippen LogP contribution in [0.2, 0.25) is 0 Å². The topological polar surface area (TPSA) is 85.4 Å². The van der Waals surface area contributed by atoms with Gasteiger partial charge < -0.3 is 19.1 Å². The van der Waals surface area contributed by atoms with Gasteiger partial charge in [0.15, 0.2) is 11.5 Å². The molecule has 30 heavy (non-hydrogen) atoms. The van der Waals surface area contributed by atoms with E-state index in [9.17, 15) is 13.2 Å². The molecular formula is C21H26N2O6S. The van der Waals surface area contributed by atoms with Gasteiger partial charge in [0.1, 0.15) is 5.75 Å². The van der Waals surface area contributed by atoms with Crippen molar-refractivity contribution in [2.24, 2.45) is 0 Å². The fraction of sp³-hybridized carbons (Fsp3) is 0.381. The first-order chi connectivity index (χ1) is 14.3. The fourth-order valence-corrected chi connectivity index (χ4v) is 4.62. The van der Waals surface area contributed by atoms with Crippen LogP contribution in [0, 0.1) is 0 Å². The number of hydrogen-bond donors (Lipinski definition) is 0. The molecule has 162 valence electrons. The van der Waals surface area contributed by atoms with Crippen LogP contribution in [0.1, 0.15) is 18.4 Å². The van der Waals surface area contributed by atoms with Crippen LogP contribution in [-0.2, 0) is 21.4 Å². The molecule has 1 aliphatic rings. The number of methoxy groups -OCH3 is 3. The van der Waals surface area contributed by atoms with Crippen molar-refractivity contribution in [3.8, 4) is 17.2 Å². The van der Waals surface area contributed by atoms with Crippen molar-refractivity contribution < 1.29 is 27.4 Å². The zero-order valence-electron chi connectivity index (χ0n) is 17.5. The van der Waals surface area contributed by atoms with Gasteiger partial charge in [-0.15, -0.1) is 0 Å². The summed E-state index contributed by atoms with van der Waals surface area (Å²) in [6.45, 7) is 0.687. The van der Waals surface area contributed by atoms with E-state index in [0.717, 1.165) is 12.0 Å². The SMILES string of the molecule is COc1ccc(CN(C)S(=O)(=O)c2ccc(OC)c(N3CCCC3=O)c2)cc1OC. The van der Waals surface area contributed by atoms with Crippen LogP contribution in [0.5, 0.6) is 17.2 Å². The Morgan fingerprint density at radius 2 is 1.63 bits per heavy atom. The molecule has 0 bridgehead atoms. The lowest BCUT2D eigenvalue weighted by Gasteiger charge is -2.22. The van der Waals surface area contributed by atoms with Gasteiger partial charge in [-0.1, -0.05) is 6.07 Å². The van der Waals surface area contributed by atoms with E-state index >= 15 is 0 Å². The average Bonchev–Trinajstić information content (AvgIpc) is 3.18. The molecule has 1 heterocycles. The van der Waals surface area contributed by atoms with E-state index in [1.165, 1.54) is 37.7 Å². The lowest BCUT2D eigenvalue weighted by Crippen LogP contribution is -2.28. The highest BCUT2D eigenvalue weighted by Crippen LogP contribution is 2.35. The Morgan fingerprint density at radius 1 is 0.967 bits per heavy atom. The highest BCUT2D eigenvalue weighted by atomic mass is 32.2. The Hall–Kier alpha value is -2.78. The number of rotatable bonds is 8. The molecule has 2 aromatic carbocycles. The molecule has 0 aliphatic carbocycles. The second kappa shape index (κ2) is 8.93. The zero-order valence-corrected chi connectivity index (χ0v) is 18.4. The van der Waals surface area contributed by atoms with Crippen LogP contribution >= 0.6 is 0 Å². The van der Waals surface area contributed by atoms with Crippen molar-refractivity contribution >= 4 is 21.6 Å². The van der Waals surface area contributed by atoms with Gasteiger partial charge in [0.05, 0.1) is 31.9 Å². The number of amides is 1. The molecule has 2 aromatic rings. The van der Waals surface area contributed by atoms with Crippen LogP contribution in [0.25, 0.3) is 0 Å². The van der Waals surface area contributed by atoms with Crippen molar-refractivity contribution in [2.75, 3.05) is 39.8 Å². The minimum absolute atomic E-state index is 0.0402. The third-order valence-electron chi connectivity index (χ3n) is 5.08. The van der Waals surface area contributed by atoms with Gasteiger partial charge >= 0.3 is 0 Å². The normalized spacial score (nSPS) is 14.3. The van der Waals surface area contributed by atoms with E-state index in [1.807, 2.05) is 0 Å². The summed E-state index contributed by atoms with van der Waals surface area (Å²) in [5.74, 6) is 1.52. The standard InChI is InChI=1S/C21H26N2O6S/c1-22(14-15-7-9-19(28-3)20(12-15)29-4)30(25,26)16-8-10-18(27-2)17(13-16)23-11-5-6-21(23)24/h7-10,12-13H,5-6,11,14H2,1-4H3. The first kappa shape index (κ1) is 21.9. The molecule has 1 saturated heterocycles. The number of benzene rings is 2. The third kappa shape index (κ3) is 4.22. The molecule has 1 aliphatic heterocycles. The summed E-state index contributed by atoms with van der Waals surface area (Å²) in [5, 5.41) is 0. The van der Waals surface area contributed by atoms with Crippen molar-refractivity contribution in [3.63, 3.8) is 0 Å². The Kier molecular flexibility index (Phi) is 6.52. The maximum Gasteiger partial charge on any atom is 0.243 e. The smallest absolute Gasteiger partial charge is 0.243 e. The summed E-state index contributed by atoms with van der Waals surface area (Å²) in [6, 6.07) is 9.84. The average molecular weight is 435 g/mol. The summed E-state index contributed by atoms with van der Waals surface area (Å²) in [6.07, 6.45) is 1.18. The molecule has 0 aromatic heterocycles. The zero-order chi connectivity index (χ0) is 21.9. The molecule has 0 unspecified atom stereocenters.